The SMILES string of the molecule is Cc1ccc(NC(=O)Nc2ccc(C(CC(C)C)C(=O)NC(Cc3ccccc3CC(NC(=O)Cc3ccccc3)C(=O)O)C(=O)O)cc2)cc1. The molecule has 0 radical (unpaired) electrons. The number of anilines is 2. The first-order valence-corrected chi connectivity index (χ1v) is 16.8. The minimum absolute atomic E-state index is 0.0134. The van der Waals surface area contributed by atoms with Crippen LogP contribution in [0.4, 0.5) is 16.2 Å². The van der Waals surface area contributed by atoms with Crippen LogP contribution in [0.1, 0.15) is 54.0 Å². The molecule has 51 heavy (non-hydrogen) atoms. The Bertz CT molecular complexity index is 1810. The van der Waals surface area contributed by atoms with Crippen LogP contribution in [0.15, 0.2) is 103 Å². The number of aryl methyl sites for hydroxylation is 1. The first-order chi connectivity index (χ1) is 24.4. The van der Waals surface area contributed by atoms with E-state index in [9.17, 15) is 34.2 Å². The van der Waals surface area contributed by atoms with E-state index in [-0.39, 0.29) is 25.2 Å². The molecule has 0 aliphatic heterocycles. The summed E-state index contributed by atoms with van der Waals surface area (Å²) in [6.45, 7) is 5.89. The van der Waals surface area contributed by atoms with E-state index in [1.165, 1.54) is 0 Å². The van der Waals surface area contributed by atoms with Gasteiger partial charge in [0.05, 0.1) is 12.3 Å². The van der Waals surface area contributed by atoms with Gasteiger partial charge in [-0.15, -0.1) is 0 Å². The van der Waals surface area contributed by atoms with Gasteiger partial charge >= 0.3 is 18.0 Å². The highest BCUT2D eigenvalue weighted by atomic mass is 16.4. The molecule has 266 valence electrons. The Hall–Kier alpha value is -5.97. The van der Waals surface area contributed by atoms with Gasteiger partial charge in [-0.1, -0.05) is 98.3 Å². The third-order valence-electron chi connectivity index (χ3n) is 8.33. The first kappa shape index (κ1) is 37.8. The van der Waals surface area contributed by atoms with Crippen LogP contribution in [0.5, 0.6) is 0 Å². The summed E-state index contributed by atoms with van der Waals surface area (Å²) < 4.78 is 0. The topological polar surface area (TPSA) is 174 Å². The van der Waals surface area contributed by atoms with Crippen molar-refractivity contribution < 1.29 is 34.2 Å². The van der Waals surface area contributed by atoms with Crippen LogP contribution in [-0.2, 0) is 38.4 Å². The van der Waals surface area contributed by atoms with Crippen LogP contribution in [-0.4, -0.2) is 52.1 Å². The number of carboxylic acids is 2. The van der Waals surface area contributed by atoms with E-state index in [0.29, 0.717) is 34.5 Å². The van der Waals surface area contributed by atoms with Gasteiger partial charge in [0.15, 0.2) is 0 Å². The Morgan fingerprint density at radius 1 is 0.627 bits per heavy atom. The van der Waals surface area contributed by atoms with Crippen molar-refractivity contribution in [1.82, 2.24) is 10.6 Å². The number of benzene rings is 4. The van der Waals surface area contributed by atoms with E-state index in [2.05, 4.69) is 21.3 Å². The third-order valence-corrected chi connectivity index (χ3v) is 8.33. The molecule has 4 aromatic carbocycles. The van der Waals surface area contributed by atoms with Crippen LogP contribution < -0.4 is 21.3 Å². The number of hydrogen-bond acceptors (Lipinski definition) is 5. The van der Waals surface area contributed by atoms with Crippen LogP contribution in [0.2, 0.25) is 0 Å². The summed E-state index contributed by atoms with van der Waals surface area (Å²) >= 11 is 0. The average molecular weight is 693 g/mol. The fourth-order valence-corrected chi connectivity index (χ4v) is 5.69. The number of hydrogen-bond donors (Lipinski definition) is 6. The lowest BCUT2D eigenvalue weighted by Gasteiger charge is -2.23. The quantitative estimate of drug-likeness (QED) is 0.0843. The van der Waals surface area contributed by atoms with Gasteiger partial charge < -0.3 is 31.5 Å². The van der Waals surface area contributed by atoms with Gasteiger partial charge in [-0.3, -0.25) is 9.59 Å². The summed E-state index contributed by atoms with van der Waals surface area (Å²) in [5.41, 5.74) is 4.71. The summed E-state index contributed by atoms with van der Waals surface area (Å²) in [6.07, 6.45) is 0.276. The molecule has 11 heteroatoms. The predicted molar refractivity (Wildman–Crippen MR) is 196 cm³/mol. The summed E-state index contributed by atoms with van der Waals surface area (Å²) in [4.78, 5) is 63.5. The van der Waals surface area contributed by atoms with Gasteiger partial charge in [0.1, 0.15) is 12.1 Å². The number of carbonyl (C=O) groups is 5. The number of nitrogens with one attached hydrogen (secondary N) is 4. The Kier molecular flexibility index (Phi) is 13.5. The molecule has 4 amide bonds. The van der Waals surface area contributed by atoms with E-state index in [0.717, 1.165) is 11.1 Å². The van der Waals surface area contributed by atoms with Crippen LogP contribution in [0, 0.1) is 12.8 Å². The summed E-state index contributed by atoms with van der Waals surface area (Å²) in [5.74, 6) is -3.96. The van der Waals surface area contributed by atoms with E-state index in [4.69, 9.17) is 0 Å². The van der Waals surface area contributed by atoms with Crippen LogP contribution in [0.25, 0.3) is 0 Å². The standard InChI is InChI=1S/C40H44N4O7/c1-25(2)21-33(28-15-19-32(20-16-28)42-40(51)41-31-17-13-26(3)14-18-31)37(46)44-35(39(49)50)24-30-12-8-7-11-29(30)23-34(38(47)48)43-36(45)22-27-9-5-4-6-10-27/h4-20,25,33-35H,21-24H2,1-3H3,(H,43,45)(H,44,46)(H,47,48)(H,49,50)(H2,41,42,51). The normalized spacial score (nSPS) is 12.6. The van der Waals surface area contributed by atoms with Crippen molar-refractivity contribution in [1.29, 1.82) is 0 Å². The van der Waals surface area contributed by atoms with E-state index < -0.39 is 47.8 Å². The second-order valence-electron chi connectivity index (χ2n) is 12.9. The van der Waals surface area contributed by atoms with E-state index in [1.54, 1.807) is 84.9 Å². The zero-order valence-corrected chi connectivity index (χ0v) is 28.9. The Morgan fingerprint density at radius 2 is 1.12 bits per heavy atom. The van der Waals surface area contributed by atoms with Crippen LogP contribution in [0.3, 0.4) is 0 Å². The Balaban J connectivity index is 1.44. The lowest BCUT2D eigenvalue weighted by molar-refractivity contribution is -0.142. The molecule has 6 N–H and O–H groups in total. The van der Waals surface area contributed by atoms with E-state index in [1.807, 2.05) is 39.0 Å². The fourth-order valence-electron chi connectivity index (χ4n) is 5.69. The molecule has 0 saturated heterocycles. The van der Waals surface area contributed by atoms with Crippen molar-refractivity contribution in [2.75, 3.05) is 10.6 Å². The minimum atomic E-state index is -1.31. The maximum atomic E-state index is 13.7. The number of urea groups is 1. The second-order valence-corrected chi connectivity index (χ2v) is 12.9. The maximum absolute atomic E-state index is 13.7. The highest BCUT2D eigenvalue weighted by molar-refractivity contribution is 5.99. The fraction of sp³-hybridized carbons (Fsp3) is 0.275. The molecule has 0 aliphatic carbocycles. The predicted octanol–water partition coefficient (Wildman–Crippen LogP) is 5.94. The molecule has 4 rings (SSSR count). The van der Waals surface area contributed by atoms with Gasteiger partial charge in [0.2, 0.25) is 11.8 Å². The van der Waals surface area contributed by atoms with Crippen molar-refractivity contribution >= 4 is 41.2 Å². The summed E-state index contributed by atoms with van der Waals surface area (Å²) in [5, 5.41) is 30.9. The largest absolute Gasteiger partial charge is 0.480 e. The third kappa shape index (κ3) is 11.8. The molecule has 0 bridgehead atoms. The van der Waals surface area contributed by atoms with Crippen molar-refractivity contribution in [3.63, 3.8) is 0 Å². The van der Waals surface area contributed by atoms with Gasteiger partial charge in [-0.2, -0.15) is 0 Å². The van der Waals surface area contributed by atoms with Crippen molar-refractivity contribution in [3.05, 3.63) is 131 Å². The van der Waals surface area contributed by atoms with Gasteiger partial charge in [0, 0.05) is 24.2 Å². The molecule has 0 heterocycles. The molecular weight excluding hydrogens is 648 g/mol. The summed E-state index contributed by atoms with van der Waals surface area (Å²) in [6, 6.07) is 27.0. The van der Waals surface area contributed by atoms with Crippen LogP contribution >= 0.6 is 0 Å². The zero-order valence-electron chi connectivity index (χ0n) is 28.9. The lowest BCUT2D eigenvalue weighted by Crippen LogP contribution is -2.45. The van der Waals surface area contributed by atoms with Gasteiger partial charge in [0.25, 0.3) is 0 Å². The Morgan fingerprint density at radius 3 is 1.63 bits per heavy atom. The number of carbonyl (C=O) groups excluding carboxylic acids is 3. The highest BCUT2D eigenvalue weighted by Gasteiger charge is 2.29. The maximum Gasteiger partial charge on any atom is 0.326 e. The van der Waals surface area contributed by atoms with Crippen molar-refractivity contribution in [3.8, 4) is 0 Å². The highest BCUT2D eigenvalue weighted by Crippen LogP contribution is 2.26. The molecule has 0 aliphatic rings. The molecule has 0 saturated carbocycles. The molecule has 11 nitrogen and oxygen atoms in total. The molecule has 0 spiro atoms. The second kappa shape index (κ2) is 18.1. The van der Waals surface area contributed by atoms with Crippen molar-refractivity contribution in [2.45, 2.75) is 64.5 Å². The van der Waals surface area contributed by atoms with E-state index >= 15 is 0 Å². The van der Waals surface area contributed by atoms with Gasteiger partial charge in [-0.05, 0) is 65.8 Å². The monoisotopic (exact) mass is 692 g/mol. The first-order valence-electron chi connectivity index (χ1n) is 16.8. The number of carboxylic acid groups (broad SMARTS) is 2. The summed E-state index contributed by atoms with van der Waals surface area (Å²) in [7, 11) is 0. The molecule has 3 atom stereocenters. The molecular formula is C40H44N4O7. The number of aliphatic carboxylic acids is 2. The zero-order chi connectivity index (χ0) is 36.9. The molecule has 0 fully saturated rings. The molecule has 4 aromatic rings. The van der Waals surface area contributed by atoms with Gasteiger partial charge in [-0.25, -0.2) is 14.4 Å². The number of amides is 4. The Labute approximate surface area is 297 Å². The van der Waals surface area contributed by atoms with Crippen molar-refractivity contribution in [2.24, 2.45) is 5.92 Å². The smallest absolute Gasteiger partial charge is 0.326 e. The molecule has 3 unspecified atom stereocenters. The lowest BCUT2D eigenvalue weighted by atomic mass is 9.88. The number of rotatable bonds is 16. The molecule has 0 aromatic heterocycles. The minimum Gasteiger partial charge on any atom is -0.480 e. The average Bonchev–Trinajstić information content (AvgIpc) is 3.09.